The van der Waals surface area contributed by atoms with E-state index in [-0.39, 0.29) is 41.0 Å². The van der Waals surface area contributed by atoms with Gasteiger partial charge < -0.3 is 20.2 Å². The highest BCUT2D eigenvalue weighted by Gasteiger charge is 2.43. The normalized spacial score (nSPS) is 12.8. The molecule has 2 aromatic rings. The van der Waals surface area contributed by atoms with Crippen LogP contribution in [0.15, 0.2) is 17.5 Å². The maximum absolute atomic E-state index is 12.7. The van der Waals surface area contributed by atoms with Crippen LogP contribution in [-0.2, 0) is 43.5 Å². The van der Waals surface area contributed by atoms with Crippen LogP contribution in [0.3, 0.4) is 0 Å². The minimum absolute atomic E-state index is 0.0109. The summed E-state index contributed by atoms with van der Waals surface area (Å²) in [5.74, 6) is -0.306. The van der Waals surface area contributed by atoms with Gasteiger partial charge in [-0.05, 0) is 34.1 Å². The number of likely N-dealkylation sites (N-methyl/N-ethyl adjacent to an activating group) is 1. The van der Waals surface area contributed by atoms with E-state index in [9.17, 15) is 14.4 Å². The van der Waals surface area contributed by atoms with E-state index >= 15 is 0 Å². The van der Waals surface area contributed by atoms with Crippen molar-refractivity contribution in [2.45, 2.75) is 77.6 Å². The van der Waals surface area contributed by atoms with Crippen molar-refractivity contribution in [3.05, 3.63) is 43.3 Å². The molecule has 0 fully saturated rings. The standard InChI is InChI=1S/C30H47N3O4S3/c1-28(2,3)22-16-21(17-25(35)32-11-13-38)27(40-22)30(6,7)29(4,5)23-14-20(19-39-23)15-24(34)31-10-12-33(8,9)18-26(36)37/h14,16,19H,10-13,15,17-18H2,1-9H3,(H3-,31,32,34,35,36,37,38)/p+1. The molecule has 0 aliphatic rings. The number of hydrogen-bond donors (Lipinski definition) is 4. The first kappa shape index (κ1) is 34.3. The third-order valence-electron chi connectivity index (χ3n) is 7.70. The quantitative estimate of drug-likeness (QED) is 0.183. The van der Waals surface area contributed by atoms with Crippen molar-refractivity contribution in [3.8, 4) is 0 Å². The van der Waals surface area contributed by atoms with Gasteiger partial charge in [-0.25, -0.2) is 4.79 Å². The lowest BCUT2D eigenvalue weighted by Gasteiger charge is -2.41. The van der Waals surface area contributed by atoms with Crippen molar-refractivity contribution in [1.82, 2.24) is 10.6 Å². The topological polar surface area (TPSA) is 95.5 Å². The van der Waals surface area contributed by atoms with E-state index in [4.69, 9.17) is 5.11 Å². The second-order valence-corrected chi connectivity index (χ2v) is 15.7. The third-order valence-corrected chi connectivity index (χ3v) is 11.2. The number of quaternary nitrogens is 1. The van der Waals surface area contributed by atoms with Crippen LogP contribution in [0, 0.1) is 0 Å². The SMILES string of the molecule is CC(C)(C)c1cc(CC(=O)NCCS)c(C(C)(C)C(C)(C)c2cc(CC(=O)NCC[N+](C)(C)CC(=O)O)cs2)s1. The Labute approximate surface area is 253 Å². The molecular weight excluding hydrogens is 563 g/mol. The summed E-state index contributed by atoms with van der Waals surface area (Å²) in [6, 6.07) is 4.34. The molecule has 0 atom stereocenters. The number of aliphatic carboxylic acids is 1. The second-order valence-electron chi connectivity index (χ2n) is 13.3. The van der Waals surface area contributed by atoms with E-state index in [1.54, 1.807) is 22.7 Å². The summed E-state index contributed by atoms with van der Waals surface area (Å²) in [6.07, 6.45) is 0.621. The highest BCUT2D eigenvalue weighted by Crippen LogP contribution is 2.50. The highest BCUT2D eigenvalue weighted by molar-refractivity contribution is 7.80. The Bertz CT molecular complexity index is 1190. The predicted molar refractivity (Wildman–Crippen MR) is 170 cm³/mol. The number of nitrogens with zero attached hydrogens (tertiary/aromatic N) is 1. The fourth-order valence-electron chi connectivity index (χ4n) is 4.47. The molecule has 10 heteroatoms. The number of thiophene rings is 2. The molecular formula is C30H48N3O4S3+. The summed E-state index contributed by atoms with van der Waals surface area (Å²) >= 11 is 7.68. The minimum atomic E-state index is -0.853. The molecule has 0 aliphatic heterocycles. The predicted octanol–water partition coefficient (Wildman–Crippen LogP) is 4.77. The summed E-state index contributed by atoms with van der Waals surface area (Å²) in [4.78, 5) is 40.1. The van der Waals surface area contributed by atoms with Crippen LogP contribution in [0.2, 0.25) is 0 Å². The molecule has 0 aromatic carbocycles. The molecule has 0 unspecified atom stereocenters. The summed E-state index contributed by atoms with van der Waals surface area (Å²) < 4.78 is 0.306. The van der Waals surface area contributed by atoms with Gasteiger partial charge in [0.25, 0.3) is 0 Å². The van der Waals surface area contributed by atoms with Crippen LogP contribution in [0.1, 0.15) is 74.2 Å². The van der Waals surface area contributed by atoms with E-state index < -0.39 is 5.97 Å². The maximum Gasteiger partial charge on any atom is 0.359 e. The van der Waals surface area contributed by atoms with Gasteiger partial charge in [-0.2, -0.15) is 12.6 Å². The Morgan fingerprint density at radius 1 is 0.900 bits per heavy atom. The van der Waals surface area contributed by atoms with Gasteiger partial charge in [0.15, 0.2) is 6.54 Å². The fraction of sp³-hybridized carbons (Fsp3) is 0.633. The molecule has 40 heavy (non-hydrogen) atoms. The Hall–Kier alpha value is -1.88. The molecule has 3 N–H and O–H groups in total. The minimum Gasteiger partial charge on any atom is -0.477 e. The van der Waals surface area contributed by atoms with Crippen LogP contribution in [0.25, 0.3) is 0 Å². The Morgan fingerprint density at radius 3 is 2.08 bits per heavy atom. The fourth-order valence-corrected chi connectivity index (χ4v) is 7.28. The summed E-state index contributed by atoms with van der Waals surface area (Å²) in [5.41, 5.74) is 1.47. The molecule has 0 saturated heterocycles. The van der Waals surface area contributed by atoms with Crippen LogP contribution < -0.4 is 10.6 Å². The largest absolute Gasteiger partial charge is 0.477 e. The number of thiol groups is 1. The van der Waals surface area contributed by atoms with E-state index in [1.807, 2.05) is 14.1 Å². The molecule has 2 aromatic heterocycles. The van der Waals surface area contributed by atoms with Crippen molar-refractivity contribution in [3.63, 3.8) is 0 Å². The molecule has 224 valence electrons. The van der Waals surface area contributed by atoms with Crippen molar-refractivity contribution >= 4 is 53.1 Å². The Morgan fingerprint density at radius 2 is 1.50 bits per heavy atom. The zero-order chi connectivity index (χ0) is 30.5. The zero-order valence-electron chi connectivity index (χ0n) is 25.6. The van der Waals surface area contributed by atoms with Gasteiger partial charge >= 0.3 is 5.97 Å². The summed E-state index contributed by atoms with van der Waals surface area (Å²) in [7, 11) is 3.68. The van der Waals surface area contributed by atoms with E-state index in [0.717, 1.165) is 11.1 Å². The van der Waals surface area contributed by atoms with Crippen LogP contribution >= 0.6 is 35.3 Å². The average molecular weight is 611 g/mol. The number of carbonyl (C=O) groups is 3. The number of rotatable bonds is 14. The van der Waals surface area contributed by atoms with Gasteiger partial charge in [-0.1, -0.05) is 48.5 Å². The summed E-state index contributed by atoms with van der Waals surface area (Å²) in [5, 5.41) is 17.0. The van der Waals surface area contributed by atoms with Gasteiger partial charge in [0, 0.05) is 37.8 Å². The lowest BCUT2D eigenvalue weighted by molar-refractivity contribution is -0.881. The van der Waals surface area contributed by atoms with Gasteiger partial charge in [0.1, 0.15) is 0 Å². The Balaban J connectivity index is 2.23. The first-order valence-electron chi connectivity index (χ1n) is 13.7. The number of amides is 2. The van der Waals surface area contributed by atoms with Crippen LogP contribution in [0.5, 0.6) is 0 Å². The molecule has 0 radical (unpaired) electrons. The van der Waals surface area contributed by atoms with Crippen LogP contribution in [-0.4, -0.2) is 73.4 Å². The highest BCUT2D eigenvalue weighted by atomic mass is 32.1. The lowest BCUT2D eigenvalue weighted by Crippen LogP contribution is -2.48. The van der Waals surface area contributed by atoms with Gasteiger partial charge in [0.2, 0.25) is 11.8 Å². The molecule has 2 heterocycles. The third kappa shape index (κ3) is 9.06. The van der Waals surface area contributed by atoms with E-state index in [0.29, 0.717) is 36.3 Å². The first-order valence-corrected chi connectivity index (χ1v) is 16.0. The van der Waals surface area contributed by atoms with E-state index in [2.05, 4.69) is 89.2 Å². The number of carboxylic acid groups (broad SMARTS) is 1. The van der Waals surface area contributed by atoms with E-state index in [1.165, 1.54) is 14.6 Å². The van der Waals surface area contributed by atoms with Gasteiger partial charge in [-0.15, -0.1) is 22.7 Å². The van der Waals surface area contributed by atoms with Crippen molar-refractivity contribution in [2.24, 2.45) is 0 Å². The molecule has 0 aliphatic carbocycles. The van der Waals surface area contributed by atoms with Crippen molar-refractivity contribution in [2.75, 3.05) is 46.0 Å². The first-order chi connectivity index (χ1) is 18.3. The Kier molecular flexibility index (Phi) is 11.5. The number of carbonyl (C=O) groups excluding carboxylic acids is 2. The van der Waals surface area contributed by atoms with Crippen molar-refractivity contribution in [1.29, 1.82) is 0 Å². The number of carboxylic acids is 1. The summed E-state index contributed by atoms with van der Waals surface area (Å²) in [6.45, 7) is 17.1. The molecule has 0 spiro atoms. The maximum atomic E-state index is 12.7. The molecule has 0 saturated carbocycles. The zero-order valence-corrected chi connectivity index (χ0v) is 28.1. The van der Waals surface area contributed by atoms with Gasteiger partial charge in [-0.3, -0.25) is 9.59 Å². The molecule has 2 rings (SSSR count). The average Bonchev–Trinajstić information content (AvgIpc) is 3.44. The smallest absolute Gasteiger partial charge is 0.359 e. The number of nitrogens with one attached hydrogen (secondary N) is 2. The second kappa shape index (κ2) is 13.4. The van der Waals surface area contributed by atoms with Gasteiger partial charge in [0.05, 0.1) is 40.0 Å². The molecule has 2 amide bonds. The van der Waals surface area contributed by atoms with Crippen molar-refractivity contribution < 1.29 is 24.0 Å². The molecule has 0 bridgehead atoms. The lowest BCUT2D eigenvalue weighted by atomic mass is 9.65. The van der Waals surface area contributed by atoms with Crippen LogP contribution in [0.4, 0.5) is 0 Å². The molecule has 7 nitrogen and oxygen atoms in total. The monoisotopic (exact) mass is 610 g/mol. The number of hydrogen-bond acceptors (Lipinski definition) is 6.